The maximum Gasteiger partial charge on any atom is 0.237 e. The summed E-state index contributed by atoms with van der Waals surface area (Å²) in [7, 11) is 0. The third-order valence-corrected chi connectivity index (χ3v) is 3.35. The summed E-state index contributed by atoms with van der Waals surface area (Å²) < 4.78 is 6.88. The standard InChI is InChI=1S/C15H17N5O2/c1-11-16-18-14(22-11)10-20-9-13(17-19-20)15(2,21)8-12-6-4-3-5-7-12/h3-7,9,21H,8,10H2,1-2H3. The fourth-order valence-corrected chi connectivity index (χ4v) is 2.25. The lowest BCUT2D eigenvalue weighted by atomic mass is 9.94. The van der Waals surface area contributed by atoms with Gasteiger partial charge in [0.25, 0.3) is 0 Å². The number of nitrogens with zero attached hydrogens (tertiary/aromatic N) is 5. The minimum Gasteiger partial charge on any atom is -0.424 e. The van der Waals surface area contributed by atoms with Crippen LogP contribution < -0.4 is 0 Å². The highest BCUT2D eigenvalue weighted by atomic mass is 16.4. The van der Waals surface area contributed by atoms with E-state index in [9.17, 15) is 5.11 Å². The summed E-state index contributed by atoms with van der Waals surface area (Å²) in [6.07, 6.45) is 2.16. The first-order valence-electron chi connectivity index (χ1n) is 6.99. The highest BCUT2D eigenvalue weighted by Crippen LogP contribution is 2.23. The molecule has 0 amide bonds. The van der Waals surface area contributed by atoms with E-state index >= 15 is 0 Å². The fraction of sp³-hybridized carbons (Fsp3) is 0.333. The molecule has 0 spiro atoms. The number of rotatable bonds is 5. The summed E-state index contributed by atoms with van der Waals surface area (Å²) in [5.74, 6) is 0.961. The van der Waals surface area contributed by atoms with E-state index in [2.05, 4.69) is 20.5 Å². The van der Waals surface area contributed by atoms with Gasteiger partial charge in [-0.25, -0.2) is 4.68 Å². The molecule has 2 aromatic heterocycles. The fourth-order valence-electron chi connectivity index (χ4n) is 2.25. The predicted octanol–water partition coefficient (Wildman–Crippen LogP) is 1.47. The topological polar surface area (TPSA) is 89.9 Å². The molecule has 1 atom stereocenters. The average Bonchev–Trinajstić information content (AvgIpc) is 3.10. The zero-order valence-corrected chi connectivity index (χ0v) is 12.5. The van der Waals surface area contributed by atoms with Gasteiger partial charge in [0.05, 0.1) is 6.20 Å². The summed E-state index contributed by atoms with van der Waals surface area (Å²) in [6.45, 7) is 3.79. The van der Waals surface area contributed by atoms with Gasteiger partial charge in [-0.3, -0.25) is 0 Å². The number of aliphatic hydroxyl groups is 1. The van der Waals surface area contributed by atoms with Crippen LogP contribution in [-0.2, 0) is 18.6 Å². The lowest BCUT2D eigenvalue weighted by Gasteiger charge is -2.20. The van der Waals surface area contributed by atoms with Gasteiger partial charge < -0.3 is 9.52 Å². The summed E-state index contributed by atoms with van der Waals surface area (Å²) in [5.41, 5.74) is 0.451. The number of aromatic nitrogens is 5. The summed E-state index contributed by atoms with van der Waals surface area (Å²) >= 11 is 0. The Bertz CT molecular complexity index is 748. The van der Waals surface area contributed by atoms with E-state index in [0.29, 0.717) is 30.4 Å². The minimum atomic E-state index is -1.09. The van der Waals surface area contributed by atoms with E-state index in [4.69, 9.17) is 4.42 Å². The third kappa shape index (κ3) is 3.20. The number of hydrogen-bond acceptors (Lipinski definition) is 6. The SMILES string of the molecule is Cc1nnc(Cn2cc(C(C)(O)Cc3ccccc3)nn2)o1. The van der Waals surface area contributed by atoms with Crippen LogP contribution in [0, 0.1) is 6.92 Å². The van der Waals surface area contributed by atoms with Crippen LogP contribution in [-0.4, -0.2) is 30.3 Å². The molecule has 0 radical (unpaired) electrons. The molecule has 0 bridgehead atoms. The molecule has 0 saturated heterocycles. The van der Waals surface area contributed by atoms with Gasteiger partial charge in [0.1, 0.15) is 17.8 Å². The Kier molecular flexibility index (Phi) is 3.72. The molecular formula is C15H17N5O2. The normalized spacial score (nSPS) is 14.0. The van der Waals surface area contributed by atoms with Crippen molar-refractivity contribution >= 4 is 0 Å². The van der Waals surface area contributed by atoms with Crippen molar-refractivity contribution in [2.24, 2.45) is 0 Å². The van der Waals surface area contributed by atoms with Crippen LogP contribution in [0.5, 0.6) is 0 Å². The van der Waals surface area contributed by atoms with Crippen molar-refractivity contribution in [3.05, 3.63) is 59.6 Å². The maximum atomic E-state index is 10.7. The summed E-state index contributed by atoms with van der Waals surface area (Å²) in [4.78, 5) is 0. The lowest BCUT2D eigenvalue weighted by molar-refractivity contribution is 0.0529. The van der Waals surface area contributed by atoms with Crippen LogP contribution in [0.15, 0.2) is 40.9 Å². The average molecular weight is 299 g/mol. The van der Waals surface area contributed by atoms with Gasteiger partial charge in [-0.1, -0.05) is 35.5 Å². The smallest absolute Gasteiger partial charge is 0.237 e. The van der Waals surface area contributed by atoms with Crippen LogP contribution in [0.2, 0.25) is 0 Å². The van der Waals surface area contributed by atoms with Crippen LogP contribution >= 0.6 is 0 Å². The molecule has 7 nitrogen and oxygen atoms in total. The Morgan fingerprint density at radius 1 is 1.18 bits per heavy atom. The molecule has 0 fully saturated rings. The molecule has 0 aliphatic carbocycles. The van der Waals surface area contributed by atoms with Crippen molar-refractivity contribution in [2.45, 2.75) is 32.4 Å². The summed E-state index contributed by atoms with van der Waals surface area (Å²) in [6, 6.07) is 9.78. The van der Waals surface area contributed by atoms with Crippen LogP contribution in [0.25, 0.3) is 0 Å². The van der Waals surface area contributed by atoms with Crippen molar-refractivity contribution in [1.82, 2.24) is 25.2 Å². The zero-order valence-electron chi connectivity index (χ0n) is 12.5. The van der Waals surface area contributed by atoms with Gasteiger partial charge >= 0.3 is 0 Å². The second kappa shape index (κ2) is 5.69. The van der Waals surface area contributed by atoms with Crippen LogP contribution in [0.4, 0.5) is 0 Å². The number of benzene rings is 1. The Balaban J connectivity index is 1.74. The lowest BCUT2D eigenvalue weighted by Crippen LogP contribution is -2.24. The molecule has 22 heavy (non-hydrogen) atoms. The molecule has 0 aliphatic heterocycles. The van der Waals surface area contributed by atoms with Crippen LogP contribution in [0.3, 0.4) is 0 Å². The highest BCUT2D eigenvalue weighted by molar-refractivity contribution is 5.19. The number of hydrogen-bond donors (Lipinski definition) is 1. The molecule has 1 aromatic carbocycles. The van der Waals surface area contributed by atoms with E-state index in [1.165, 1.54) is 0 Å². The molecule has 0 saturated carbocycles. The van der Waals surface area contributed by atoms with Gasteiger partial charge in [-0.2, -0.15) is 0 Å². The van der Waals surface area contributed by atoms with Crippen molar-refractivity contribution in [3.63, 3.8) is 0 Å². The quantitative estimate of drug-likeness (QED) is 0.767. The zero-order chi connectivity index (χ0) is 15.6. The van der Waals surface area contributed by atoms with E-state index in [0.717, 1.165) is 5.56 Å². The summed E-state index contributed by atoms with van der Waals surface area (Å²) in [5, 5.41) is 26.4. The predicted molar refractivity (Wildman–Crippen MR) is 77.9 cm³/mol. The van der Waals surface area contributed by atoms with E-state index in [1.807, 2.05) is 30.3 Å². The first kappa shape index (κ1) is 14.4. The number of aryl methyl sites for hydroxylation is 1. The van der Waals surface area contributed by atoms with Crippen molar-refractivity contribution in [2.75, 3.05) is 0 Å². The second-order valence-corrected chi connectivity index (χ2v) is 5.45. The van der Waals surface area contributed by atoms with Crippen molar-refractivity contribution < 1.29 is 9.52 Å². The molecule has 3 aromatic rings. The minimum absolute atomic E-state index is 0.329. The highest BCUT2D eigenvalue weighted by Gasteiger charge is 2.27. The van der Waals surface area contributed by atoms with Crippen molar-refractivity contribution in [3.8, 4) is 0 Å². The third-order valence-electron chi connectivity index (χ3n) is 3.35. The molecule has 7 heteroatoms. The van der Waals surface area contributed by atoms with E-state index < -0.39 is 5.60 Å². The van der Waals surface area contributed by atoms with Crippen molar-refractivity contribution in [1.29, 1.82) is 0 Å². The monoisotopic (exact) mass is 299 g/mol. The molecule has 1 unspecified atom stereocenters. The van der Waals surface area contributed by atoms with Gasteiger partial charge in [0.2, 0.25) is 11.8 Å². The van der Waals surface area contributed by atoms with Crippen LogP contribution in [0.1, 0.15) is 30.0 Å². The molecular weight excluding hydrogens is 282 g/mol. The largest absolute Gasteiger partial charge is 0.424 e. The first-order chi connectivity index (χ1) is 10.5. The Morgan fingerprint density at radius 3 is 2.64 bits per heavy atom. The second-order valence-electron chi connectivity index (χ2n) is 5.45. The Labute approximate surface area is 127 Å². The molecule has 114 valence electrons. The van der Waals surface area contributed by atoms with Gasteiger partial charge in [0.15, 0.2) is 0 Å². The van der Waals surface area contributed by atoms with E-state index in [-0.39, 0.29) is 0 Å². The molecule has 3 rings (SSSR count). The van der Waals surface area contributed by atoms with Gasteiger partial charge in [-0.15, -0.1) is 15.3 Å². The molecule has 2 heterocycles. The maximum absolute atomic E-state index is 10.7. The molecule has 1 N–H and O–H groups in total. The van der Waals surface area contributed by atoms with E-state index in [1.54, 1.807) is 24.7 Å². The first-order valence-corrected chi connectivity index (χ1v) is 6.99. The van der Waals surface area contributed by atoms with Gasteiger partial charge in [-0.05, 0) is 12.5 Å². The Hall–Kier alpha value is -2.54. The Morgan fingerprint density at radius 2 is 1.95 bits per heavy atom. The van der Waals surface area contributed by atoms with Gasteiger partial charge in [0, 0.05) is 13.3 Å². The molecule has 0 aliphatic rings.